The van der Waals surface area contributed by atoms with Crippen LogP contribution in [0.3, 0.4) is 0 Å². The largest absolute Gasteiger partial charge is 0.455 e. The van der Waals surface area contributed by atoms with Crippen molar-refractivity contribution in [2.24, 2.45) is 5.92 Å². The molecule has 0 amide bonds. The molecule has 0 saturated carbocycles. The number of fused-ring (bicyclic) bond motifs is 3. The van der Waals surface area contributed by atoms with Crippen molar-refractivity contribution in [3.05, 3.63) is 75.1 Å². The van der Waals surface area contributed by atoms with E-state index in [0.717, 1.165) is 16.9 Å². The summed E-state index contributed by atoms with van der Waals surface area (Å²) in [4.78, 5) is 14.6. The molecule has 6 rings (SSSR count). The van der Waals surface area contributed by atoms with Gasteiger partial charge in [0.1, 0.15) is 5.75 Å². The van der Waals surface area contributed by atoms with E-state index in [2.05, 4.69) is 0 Å². The van der Waals surface area contributed by atoms with Crippen LogP contribution in [0.25, 0.3) is 0 Å². The standard InChI is InChI=1S/C26H30NO4S2/c28-25(26(29,22-8-4-18-32-22)23-9-5-19-33-23)31-24(30-21-6-2-1-3-7-21)13-17-27-14-10-20(11-15-27)12-16-27/h1-9,18-20,24,29H,10-17H2/q+1/t20?,24-,27?/m1/s1. The zero-order valence-corrected chi connectivity index (χ0v) is 20.2. The SMILES string of the molecule is O=C(O[C@H](CC[N+]12CCC(CC1)CC2)Oc1ccccc1)C(O)(c1cccs1)c1cccs1. The highest BCUT2D eigenvalue weighted by molar-refractivity contribution is 7.12. The number of aliphatic hydroxyl groups is 1. The summed E-state index contributed by atoms with van der Waals surface area (Å²) in [5.74, 6) is 0.861. The number of carbonyl (C=O) groups excluding carboxylic acids is 1. The van der Waals surface area contributed by atoms with Crippen LogP contribution in [-0.2, 0) is 15.1 Å². The second-order valence-electron chi connectivity index (χ2n) is 9.19. The molecule has 1 atom stereocenters. The summed E-state index contributed by atoms with van der Waals surface area (Å²) in [7, 11) is 0. The van der Waals surface area contributed by atoms with Crippen molar-refractivity contribution in [1.82, 2.24) is 0 Å². The number of nitrogens with zero attached hydrogens (tertiary/aromatic N) is 1. The first kappa shape index (κ1) is 22.6. The molecule has 3 aliphatic rings. The van der Waals surface area contributed by atoms with Gasteiger partial charge in [0.05, 0.1) is 42.4 Å². The van der Waals surface area contributed by atoms with E-state index in [1.54, 1.807) is 12.1 Å². The lowest BCUT2D eigenvalue weighted by Crippen LogP contribution is -2.59. The molecule has 0 unspecified atom stereocenters. The molecule has 5 nitrogen and oxygen atoms in total. The topological polar surface area (TPSA) is 55.8 Å². The Bertz CT molecular complexity index is 980. The predicted molar refractivity (Wildman–Crippen MR) is 130 cm³/mol. The molecule has 3 saturated heterocycles. The van der Waals surface area contributed by atoms with Crippen LogP contribution >= 0.6 is 22.7 Å². The lowest BCUT2D eigenvalue weighted by molar-refractivity contribution is -0.943. The van der Waals surface area contributed by atoms with Gasteiger partial charge in [-0.1, -0.05) is 30.3 Å². The van der Waals surface area contributed by atoms with Crippen molar-refractivity contribution in [3.8, 4) is 5.75 Å². The Morgan fingerprint density at radius 3 is 2.12 bits per heavy atom. The summed E-state index contributed by atoms with van der Waals surface area (Å²) in [6, 6.07) is 16.7. The number of para-hydroxylation sites is 1. The lowest BCUT2D eigenvalue weighted by Gasteiger charge is -2.49. The van der Waals surface area contributed by atoms with E-state index < -0.39 is 17.9 Å². The minimum atomic E-state index is -1.84. The molecule has 0 spiro atoms. The second-order valence-corrected chi connectivity index (χ2v) is 11.1. The maximum absolute atomic E-state index is 13.5. The van der Waals surface area contributed by atoms with Gasteiger partial charge in [-0.15, -0.1) is 22.7 Å². The van der Waals surface area contributed by atoms with Gasteiger partial charge in [-0.05, 0) is 60.2 Å². The summed E-state index contributed by atoms with van der Waals surface area (Å²) in [6.07, 6.45) is 3.70. The Kier molecular flexibility index (Phi) is 6.56. The zero-order valence-electron chi connectivity index (χ0n) is 18.6. The Morgan fingerprint density at radius 2 is 1.58 bits per heavy atom. The average Bonchev–Trinajstić information content (AvgIpc) is 3.59. The molecule has 33 heavy (non-hydrogen) atoms. The molecule has 3 aromatic rings. The molecule has 3 fully saturated rings. The maximum atomic E-state index is 13.5. The molecule has 2 bridgehead atoms. The van der Waals surface area contributed by atoms with Gasteiger partial charge in [0.25, 0.3) is 0 Å². The van der Waals surface area contributed by atoms with Gasteiger partial charge in [-0.3, -0.25) is 0 Å². The fourth-order valence-corrected chi connectivity index (χ4v) is 6.86. The molecule has 5 heterocycles. The van der Waals surface area contributed by atoms with Crippen LogP contribution in [0.1, 0.15) is 35.4 Å². The van der Waals surface area contributed by atoms with Crippen LogP contribution in [0.5, 0.6) is 5.75 Å². The van der Waals surface area contributed by atoms with Gasteiger partial charge in [0.2, 0.25) is 11.9 Å². The number of benzene rings is 1. The van der Waals surface area contributed by atoms with Crippen LogP contribution in [0.2, 0.25) is 0 Å². The molecule has 3 aliphatic heterocycles. The van der Waals surface area contributed by atoms with Crippen LogP contribution < -0.4 is 4.74 Å². The third-order valence-corrected chi connectivity index (χ3v) is 9.13. The van der Waals surface area contributed by atoms with Crippen molar-refractivity contribution < 1.29 is 23.9 Å². The van der Waals surface area contributed by atoms with Gasteiger partial charge in [0.15, 0.2) is 0 Å². The number of thiophene rings is 2. The third-order valence-electron chi connectivity index (χ3n) is 7.17. The minimum Gasteiger partial charge on any atom is -0.455 e. The number of quaternary nitrogens is 1. The smallest absolute Gasteiger partial charge is 0.352 e. The van der Waals surface area contributed by atoms with Gasteiger partial charge in [0, 0.05) is 0 Å². The first-order chi connectivity index (χ1) is 16.1. The summed E-state index contributed by atoms with van der Waals surface area (Å²) in [5, 5.41) is 15.3. The Balaban J connectivity index is 1.36. The van der Waals surface area contributed by atoms with E-state index in [1.165, 1.54) is 61.6 Å². The van der Waals surface area contributed by atoms with E-state index in [9.17, 15) is 9.90 Å². The highest BCUT2D eigenvalue weighted by Crippen LogP contribution is 2.38. The third kappa shape index (κ3) is 4.73. The molecule has 0 aliphatic carbocycles. The van der Waals surface area contributed by atoms with Gasteiger partial charge in [-0.2, -0.15) is 0 Å². The molecule has 1 N–H and O–H groups in total. The Labute approximate surface area is 202 Å². The van der Waals surface area contributed by atoms with Crippen molar-refractivity contribution in [2.75, 3.05) is 26.2 Å². The summed E-state index contributed by atoms with van der Waals surface area (Å²) >= 11 is 2.69. The number of esters is 1. The first-order valence-corrected chi connectivity index (χ1v) is 13.4. The molecular formula is C26H30NO4S2+. The zero-order chi connectivity index (χ0) is 22.7. The van der Waals surface area contributed by atoms with Crippen molar-refractivity contribution in [1.29, 1.82) is 0 Å². The molecular weight excluding hydrogens is 454 g/mol. The normalized spacial score (nSPS) is 23.2. The maximum Gasteiger partial charge on any atom is 0.352 e. The highest BCUT2D eigenvalue weighted by Gasteiger charge is 2.46. The quantitative estimate of drug-likeness (QED) is 0.263. The number of carbonyl (C=O) groups is 1. The van der Waals surface area contributed by atoms with Crippen molar-refractivity contribution in [2.45, 2.75) is 37.6 Å². The molecule has 174 valence electrons. The van der Waals surface area contributed by atoms with Gasteiger partial charge < -0.3 is 19.1 Å². The second kappa shape index (κ2) is 9.58. The number of piperidine rings is 3. The highest BCUT2D eigenvalue weighted by atomic mass is 32.1. The number of rotatable bonds is 9. The van der Waals surface area contributed by atoms with E-state index in [4.69, 9.17) is 9.47 Å². The van der Waals surface area contributed by atoms with E-state index in [0.29, 0.717) is 21.9 Å². The Hall–Kier alpha value is -2.19. The fourth-order valence-electron chi connectivity index (χ4n) is 5.14. The van der Waals surface area contributed by atoms with E-state index in [1.807, 2.05) is 53.2 Å². The van der Waals surface area contributed by atoms with Crippen LogP contribution in [-0.4, -0.2) is 48.0 Å². The predicted octanol–water partition coefficient (Wildman–Crippen LogP) is 5.01. The van der Waals surface area contributed by atoms with Crippen LogP contribution in [0.4, 0.5) is 0 Å². The molecule has 1 aromatic carbocycles. The summed E-state index contributed by atoms with van der Waals surface area (Å²) < 4.78 is 13.2. The molecule has 2 aromatic heterocycles. The minimum absolute atomic E-state index is 0.549. The summed E-state index contributed by atoms with van der Waals surface area (Å²) in [5.41, 5.74) is -1.84. The lowest BCUT2D eigenvalue weighted by atomic mass is 9.85. The molecule has 7 heteroatoms. The number of hydrogen-bond acceptors (Lipinski definition) is 6. The monoisotopic (exact) mass is 484 g/mol. The number of ether oxygens (including phenoxy) is 2. The van der Waals surface area contributed by atoms with E-state index >= 15 is 0 Å². The Morgan fingerprint density at radius 1 is 0.970 bits per heavy atom. The average molecular weight is 485 g/mol. The van der Waals surface area contributed by atoms with Crippen molar-refractivity contribution in [3.63, 3.8) is 0 Å². The number of hydrogen-bond donors (Lipinski definition) is 1. The summed E-state index contributed by atoms with van der Waals surface area (Å²) in [6.45, 7) is 4.51. The fraction of sp³-hybridized carbons (Fsp3) is 0.423. The van der Waals surface area contributed by atoms with Crippen LogP contribution in [0.15, 0.2) is 65.4 Å². The molecule has 0 radical (unpaired) electrons. The van der Waals surface area contributed by atoms with Crippen molar-refractivity contribution >= 4 is 28.6 Å². The van der Waals surface area contributed by atoms with Crippen LogP contribution in [0, 0.1) is 5.92 Å². The van der Waals surface area contributed by atoms with Gasteiger partial charge in [-0.25, -0.2) is 4.79 Å². The van der Waals surface area contributed by atoms with E-state index in [-0.39, 0.29) is 0 Å². The first-order valence-electron chi connectivity index (χ1n) is 11.7. The van der Waals surface area contributed by atoms with Gasteiger partial charge >= 0.3 is 5.97 Å².